The van der Waals surface area contributed by atoms with Gasteiger partial charge in [0.05, 0.1) is 35.2 Å². The molecule has 0 spiro atoms. The maximum absolute atomic E-state index is 13.7. The highest BCUT2D eigenvalue weighted by molar-refractivity contribution is 8.05. The molecule has 0 fully saturated rings. The molecule has 0 N–H and O–H groups in total. The lowest BCUT2D eigenvalue weighted by atomic mass is 10.0. The second-order valence-electron chi connectivity index (χ2n) is 7.17. The van der Waals surface area contributed by atoms with Gasteiger partial charge in [0.1, 0.15) is 0 Å². The summed E-state index contributed by atoms with van der Waals surface area (Å²) in [4.78, 5) is 17.3. The van der Waals surface area contributed by atoms with Crippen LogP contribution >= 0.6 is 19.1 Å². The van der Waals surface area contributed by atoms with E-state index in [1.54, 1.807) is 6.92 Å². The van der Waals surface area contributed by atoms with Gasteiger partial charge in [-0.05, 0) is 38.0 Å². The molecule has 0 saturated heterocycles. The first-order valence-electron chi connectivity index (χ1n) is 10.4. The van der Waals surface area contributed by atoms with E-state index >= 15 is 0 Å². The molecule has 164 valence electrons. The predicted octanol–water partition coefficient (Wildman–Crippen LogP) is 6.02. The van der Waals surface area contributed by atoms with E-state index in [0.29, 0.717) is 19.6 Å². The Bertz CT molecular complexity index is 1040. The van der Waals surface area contributed by atoms with Crippen molar-refractivity contribution in [1.82, 2.24) is 4.98 Å². The van der Waals surface area contributed by atoms with Crippen molar-refractivity contribution in [2.24, 2.45) is 5.92 Å². The molecule has 3 rings (SSSR count). The molecule has 31 heavy (non-hydrogen) atoms. The number of pyridine rings is 1. The lowest BCUT2D eigenvalue weighted by molar-refractivity contribution is -0.147. The molecule has 0 radical (unpaired) electrons. The fourth-order valence-electron chi connectivity index (χ4n) is 3.39. The summed E-state index contributed by atoms with van der Waals surface area (Å²) in [5, 5.41) is 1.85. The molecule has 3 aromatic rings. The minimum atomic E-state index is -3.09. The van der Waals surface area contributed by atoms with Crippen LogP contribution in [0, 0.1) is 5.92 Å². The van der Waals surface area contributed by atoms with Crippen LogP contribution in [0.25, 0.3) is 10.9 Å². The van der Waals surface area contributed by atoms with E-state index in [1.165, 1.54) is 11.8 Å². The fraction of sp³-hybridized carbons (Fsp3) is 0.333. The summed E-state index contributed by atoms with van der Waals surface area (Å²) < 4.78 is 24.7. The van der Waals surface area contributed by atoms with Crippen LogP contribution in [0.1, 0.15) is 19.4 Å². The highest BCUT2D eigenvalue weighted by Gasteiger charge is 2.32. The summed E-state index contributed by atoms with van der Waals surface area (Å²) in [5.74, 6) is -0.856. The number of aromatic nitrogens is 1. The number of nitrogens with zero attached hydrogens (tertiary/aromatic N) is 1. The lowest BCUT2D eigenvalue weighted by Crippen LogP contribution is -2.24. The molecular weight excluding hydrogens is 429 g/mol. The van der Waals surface area contributed by atoms with Crippen molar-refractivity contribution in [1.29, 1.82) is 0 Å². The quantitative estimate of drug-likeness (QED) is 0.199. The third kappa shape index (κ3) is 6.93. The Morgan fingerprint density at radius 3 is 2.48 bits per heavy atom. The summed E-state index contributed by atoms with van der Waals surface area (Å²) in [7, 11) is -3.09. The summed E-state index contributed by atoms with van der Waals surface area (Å²) >= 11 is 1.40. The van der Waals surface area contributed by atoms with Gasteiger partial charge in [-0.1, -0.05) is 66.4 Å². The largest absolute Gasteiger partial charge is 0.466 e. The highest BCUT2D eigenvalue weighted by Crippen LogP contribution is 2.52. The number of hydrogen-bond donors (Lipinski definition) is 0. The molecule has 0 saturated carbocycles. The first-order valence-corrected chi connectivity index (χ1v) is 13.4. The summed E-state index contributed by atoms with van der Waals surface area (Å²) in [6, 6.07) is 21.5. The van der Waals surface area contributed by atoms with Gasteiger partial charge in [-0.25, -0.2) is 4.98 Å². The number of fused-ring (bicyclic) bond motifs is 1. The van der Waals surface area contributed by atoms with Crippen molar-refractivity contribution >= 4 is 36.0 Å². The number of carbonyl (C=O) groups is 1. The molecular formula is C24H28NO4PS. The van der Waals surface area contributed by atoms with Crippen molar-refractivity contribution in [3.05, 3.63) is 72.3 Å². The number of ether oxygens (including phenoxy) is 1. The van der Waals surface area contributed by atoms with Gasteiger partial charge in [-0.2, -0.15) is 0 Å². The van der Waals surface area contributed by atoms with Crippen LogP contribution in [0.15, 0.2) is 71.8 Å². The zero-order valence-corrected chi connectivity index (χ0v) is 19.6. The smallest absolute Gasteiger partial charge is 0.309 e. The van der Waals surface area contributed by atoms with Gasteiger partial charge in [-0.3, -0.25) is 9.36 Å². The Labute approximate surface area is 188 Å². The first kappa shape index (κ1) is 23.5. The molecule has 2 aromatic carbocycles. The van der Waals surface area contributed by atoms with Crippen molar-refractivity contribution < 1.29 is 18.6 Å². The van der Waals surface area contributed by atoms with E-state index < -0.39 is 13.3 Å². The zero-order chi connectivity index (χ0) is 22.1. The van der Waals surface area contributed by atoms with E-state index in [0.717, 1.165) is 21.5 Å². The van der Waals surface area contributed by atoms with Gasteiger partial charge in [0, 0.05) is 11.5 Å². The topological polar surface area (TPSA) is 65.5 Å². The maximum Gasteiger partial charge on any atom is 0.309 e. The van der Waals surface area contributed by atoms with Gasteiger partial charge >= 0.3 is 5.97 Å². The molecule has 0 amide bonds. The van der Waals surface area contributed by atoms with Crippen molar-refractivity contribution in [2.45, 2.75) is 25.3 Å². The number of esters is 1. The molecule has 1 aromatic heterocycles. The van der Waals surface area contributed by atoms with Gasteiger partial charge in [-0.15, -0.1) is 0 Å². The molecule has 2 unspecified atom stereocenters. The summed E-state index contributed by atoms with van der Waals surface area (Å²) in [6.07, 6.45) is 0.616. The van der Waals surface area contributed by atoms with Crippen LogP contribution in [-0.2, 0) is 25.0 Å². The van der Waals surface area contributed by atoms with Crippen LogP contribution in [0.4, 0.5) is 0 Å². The van der Waals surface area contributed by atoms with Gasteiger partial charge in [0.2, 0.25) is 7.37 Å². The summed E-state index contributed by atoms with van der Waals surface area (Å²) in [6.45, 7) is 4.21. The number of rotatable bonds is 11. The van der Waals surface area contributed by atoms with Crippen LogP contribution in [0.2, 0.25) is 0 Å². The fourth-order valence-corrected chi connectivity index (χ4v) is 7.28. The first-order chi connectivity index (χ1) is 15.0. The molecule has 0 aliphatic carbocycles. The average molecular weight is 458 g/mol. The van der Waals surface area contributed by atoms with Crippen molar-refractivity contribution in [3.63, 3.8) is 0 Å². The Hall–Kier alpha value is -2.14. The van der Waals surface area contributed by atoms with E-state index in [2.05, 4.69) is 4.98 Å². The third-order valence-corrected chi connectivity index (χ3v) is 9.13. The van der Waals surface area contributed by atoms with Crippen LogP contribution in [0.5, 0.6) is 0 Å². The number of carbonyl (C=O) groups excluding carboxylic acids is 1. The SMILES string of the molecule is CCOC(=O)C(Cc1ccccc1)CP(=O)(CSc1ccc2ccccc2n1)OCC. The average Bonchev–Trinajstić information content (AvgIpc) is 2.78. The molecule has 2 atom stereocenters. The molecule has 0 aliphatic rings. The van der Waals surface area contributed by atoms with Crippen molar-refractivity contribution in [3.8, 4) is 0 Å². The number of hydrogen-bond acceptors (Lipinski definition) is 6. The Morgan fingerprint density at radius 2 is 1.74 bits per heavy atom. The molecule has 7 heteroatoms. The van der Waals surface area contributed by atoms with Crippen LogP contribution in [-0.4, -0.2) is 35.8 Å². The van der Waals surface area contributed by atoms with E-state index in [-0.39, 0.29) is 17.6 Å². The predicted molar refractivity (Wildman–Crippen MR) is 127 cm³/mol. The number of para-hydroxylation sites is 1. The third-order valence-electron chi connectivity index (χ3n) is 4.79. The Balaban J connectivity index is 1.75. The zero-order valence-electron chi connectivity index (χ0n) is 17.9. The maximum atomic E-state index is 13.7. The minimum Gasteiger partial charge on any atom is -0.466 e. The number of benzene rings is 2. The normalized spacial score (nSPS) is 14.1. The Kier molecular flexibility index (Phi) is 8.70. The van der Waals surface area contributed by atoms with Crippen molar-refractivity contribution in [2.75, 3.05) is 24.9 Å². The second kappa shape index (κ2) is 11.5. The molecule has 0 bridgehead atoms. The summed E-state index contributed by atoms with van der Waals surface area (Å²) in [5.41, 5.74) is 2.16. The van der Waals surface area contributed by atoms with Gasteiger partial charge in [0.15, 0.2) is 0 Å². The van der Waals surface area contributed by atoms with Gasteiger partial charge in [0.25, 0.3) is 0 Å². The van der Waals surface area contributed by atoms with Crippen LogP contribution in [0.3, 0.4) is 0 Å². The van der Waals surface area contributed by atoms with E-state index in [4.69, 9.17) is 9.26 Å². The lowest BCUT2D eigenvalue weighted by Gasteiger charge is -2.23. The monoisotopic (exact) mass is 457 g/mol. The molecule has 0 aliphatic heterocycles. The van der Waals surface area contributed by atoms with E-state index in [1.807, 2.05) is 73.7 Å². The standard InChI is InChI=1S/C24H28NO4PS/c1-3-28-24(26)21(16-19-10-6-5-7-11-19)17-30(27,29-4-2)18-31-23-15-14-20-12-8-9-13-22(20)25-23/h5-15,21H,3-4,16-18H2,1-2H3. The second-order valence-corrected chi connectivity index (χ2v) is 11.2. The van der Waals surface area contributed by atoms with Gasteiger partial charge < -0.3 is 9.26 Å². The Morgan fingerprint density at radius 1 is 1.00 bits per heavy atom. The van der Waals surface area contributed by atoms with Crippen LogP contribution < -0.4 is 0 Å². The van der Waals surface area contributed by atoms with E-state index in [9.17, 15) is 9.36 Å². The molecule has 5 nitrogen and oxygen atoms in total. The number of thioether (sulfide) groups is 1. The highest BCUT2D eigenvalue weighted by atomic mass is 32.2. The molecule has 1 heterocycles. The minimum absolute atomic E-state index is 0.148.